The van der Waals surface area contributed by atoms with E-state index in [1.165, 1.54) is 51.6 Å². The standard InChI is InChI=1S/C15H28N2/c1-13(2)16-12-15-10-6-7-11-17(15)14-8-4-3-5-9-14/h4,8,13-16H,3,5-7,9-12H2,1-2H3. The van der Waals surface area contributed by atoms with Crippen molar-refractivity contribution in [3.8, 4) is 0 Å². The lowest BCUT2D eigenvalue weighted by molar-refractivity contribution is 0.106. The average molecular weight is 236 g/mol. The normalized spacial score (nSPS) is 31.0. The highest BCUT2D eigenvalue weighted by atomic mass is 15.2. The average Bonchev–Trinajstić information content (AvgIpc) is 2.38. The van der Waals surface area contributed by atoms with Crippen LogP contribution >= 0.6 is 0 Å². The third kappa shape index (κ3) is 3.82. The van der Waals surface area contributed by atoms with Gasteiger partial charge in [0.1, 0.15) is 0 Å². The van der Waals surface area contributed by atoms with Gasteiger partial charge in [-0.25, -0.2) is 0 Å². The molecule has 0 aromatic heterocycles. The predicted octanol–water partition coefficient (Wildman–Crippen LogP) is 2.95. The molecule has 1 fully saturated rings. The third-order valence-corrected chi connectivity index (χ3v) is 4.09. The molecule has 2 unspecified atom stereocenters. The first-order valence-corrected chi connectivity index (χ1v) is 7.43. The number of hydrogen-bond donors (Lipinski definition) is 1. The summed E-state index contributed by atoms with van der Waals surface area (Å²) in [5.41, 5.74) is 0. The van der Waals surface area contributed by atoms with Crippen LogP contribution in [0.1, 0.15) is 52.4 Å². The fraction of sp³-hybridized carbons (Fsp3) is 0.867. The highest BCUT2D eigenvalue weighted by molar-refractivity contribution is 5.01. The van der Waals surface area contributed by atoms with E-state index in [0.29, 0.717) is 6.04 Å². The van der Waals surface area contributed by atoms with Gasteiger partial charge in [-0.3, -0.25) is 4.90 Å². The van der Waals surface area contributed by atoms with Crippen molar-refractivity contribution in [2.24, 2.45) is 0 Å². The van der Waals surface area contributed by atoms with Gasteiger partial charge in [-0.15, -0.1) is 0 Å². The molecule has 0 radical (unpaired) electrons. The van der Waals surface area contributed by atoms with Crippen molar-refractivity contribution < 1.29 is 0 Å². The zero-order chi connectivity index (χ0) is 12.1. The number of piperidine rings is 1. The van der Waals surface area contributed by atoms with Crippen LogP contribution in [0, 0.1) is 0 Å². The molecule has 0 bridgehead atoms. The van der Waals surface area contributed by atoms with Crippen LogP contribution in [0.3, 0.4) is 0 Å². The molecule has 0 aromatic rings. The summed E-state index contributed by atoms with van der Waals surface area (Å²) in [5, 5.41) is 3.62. The number of nitrogens with one attached hydrogen (secondary N) is 1. The SMILES string of the molecule is CC(C)NCC1CCCCN1C1C=CCCC1. The topological polar surface area (TPSA) is 15.3 Å². The molecule has 1 heterocycles. The lowest BCUT2D eigenvalue weighted by Crippen LogP contribution is -2.51. The predicted molar refractivity (Wildman–Crippen MR) is 74.3 cm³/mol. The minimum atomic E-state index is 0.612. The summed E-state index contributed by atoms with van der Waals surface area (Å²) in [4.78, 5) is 2.76. The maximum absolute atomic E-state index is 3.62. The van der Waals surface area contributed by atoms with E-state index in [4.69, 9.17) is 0 Å². The molecular formula is C15H28N2. The Kier molecular flexibility index (Phi) is 5.05. The molecule has 98 valence electrons. The fourth-order valence-corrected chi connectivity index (χ4v) is 3.12. The van der Waals surface area contributed by atoms with Crippen LogP contribution in [-0.2, 0) is 0 Å². The lowest BCUT2D eigenvalue weighted by atomic mass is 9.94. The highest BCUT2D eigenvalue weighted by Crippen LogP contribution is 2.24. The van der Waals surface area contributed by atoms with Crippen molar-refractivity contribution in [2.45, 2.75) is 70.5 Å². The summed E-state index contributed by atoms with van der Waals surface area (Å²) in [6.07, 6.45) is 13.1. The van der Waals surface area contributed by atoms with E-state index in [2.05, 4.69) is 36.2 Å². The van der Waals surface area contributed by atoms with Crippen molar-refractivity contribution >= 4 is 0 Å². The Bertz CT molecular complexity index is 247. The summed E-state index contributed by atoms with van der Waals surface area (Å²) in [7, 11) is 0. The van der Waals surface area contributed by atoms with Gasteiger partial charge in [0.15, 0.2) is 0 Å². The van der Waals surface area contributed by atoms with E-state index in [9.17, 15) is 0 Å². The summed E-state index contributed by atoms with van der Waals surface area (Å²) >= 11 is 0. The van der Waals surface area contributed by atoms with Gasteiger partial charge in [0.05, 0.1) is 0 Å². The Morgan fingerprint density at radius 3 is 2.82 bits per heavy atom. The summed E-state index contributed by atoms with van der Waals surface area (Å²) in [6, 6.07) is 2.10. The van der Waals surface area contributed by atoms with E-state index in [0.717, 1.165) is 12.1 Å². The van der Waals surface area contributed by atoms with E-state index >= 15 is 0 Å². The van der Waals surface area contributed by atoms with Gasteiger partial charge in [0.2, 0.25) is 0 Å². The maximum atomic E-state index is 3.62. The second-order valence-electron chi connectivity index (χ2n) is 5.88. The Labute approximate surface area is 106 Å². The zero-order valence-electron chi connectivity index (χ0n) is 11.5. The monoisotopic (exact) mass is 236 g/mol. The van der Waals surface area contributed by atoms with Crippen LogP contribution in [0.25, 0.3) is 0 Å². The fourth-order valence-electron chi connectivity index (χ4n) is 3.12. The molecule has 2 aliphatic rings. The highest BCUT2D eigenvalue weighted by Gasteiger charge is 2.27. The molecule has 2 nitrogen and oxygen atoms in total. The summed E-state index contributed by atoms with van der Waals surface area (Å²) < 4.78 is 0. The van der Waals surface area contributed by atoms with Gasteiger partial charge in [-0.2, -0.15) is 0 Å². The Morgan fingerprint density at radius 2 is 2.12 bits per heavy atom. The molecule has 17 heavy (non-hydrogen) atoms. The van der Waals surface area contributed by atoms with Crippen LogP contribution in [-0.4, -0.2) is 36.1 Å². The Hall–Kier alpha value is -0.340. The quantitative estimate of drug-likeness (QED) is 0.755. The molecule has 0 amide bonds. The number of likely N-dealkylation sites (tertiary alicyclic amines) is 1. The van der Waals surface area contributed by atoms with Crippen molar-refractivity contribution in [2.75, 3.05) is 13.1 Å². The molecule has 2 rings (SSSR count). The van der Waals surface area contributed by atoms with Gasteiger partial charge in [-0.05, 0) is 38.6 Å². The number of allylic oxidation sites excluding steroid dienone is 1. The van der Waals surface area contributed by atoms with Gasteiger partial charge in [0.25, 0.3) is 0 Å². The van der Waals surface area contributed by atoms with E-state index in [-0.39, 0.29) is 0 Å². The molecule has 2 heteroatoms. The lowest BCUT2D eigenvalue weighted by Gasteiger charge is -2.41. The van der Waals surface area contributed by atoms with Crippen molar-refractivity contribution in [3.05, 3.63) is 12.2 Å². The molecule has 1 aliphatic heterocycles. The first kappa shape index (κ1) is 13.1. The Morgan fingerprint density at radius 1 is 1.24 bits per heavy atom. The molecule has 1 N–H and O–H groups in total. The third-order valence-electron chi connectivity index (χ3n) is 4.09. The minimum Gasteiger partial charge on any atom is -0.313 e. The number of hydrogen-bond acceptors (Lipinski definition) is 2. The molecular weight excluding hydrogens is 208 g/mol. The first-order valence-electron chi connectivity index (χ1n) is 7.43. The van der Waals surface area contributed by atoms with Crippen molar-refractivity contribution in [1.82, 2.24) is 10.2 Å². The van der Waals surface area contributed by atoms with Crippen molar-refractivity contribution in [3.63, 3.8) is 0 Å². The van der Waals surface area contributed by atoms with E-state index in [1.54, 1.807) is 0 Å². The largest absolute Gasteiger partial charge is 0.313 e. The van der Waals surface area contributed by atoms with Crippen LogP contribution < -0.4 is 5.32 Å². The zero-order valence-corrected chi connectivity index (χ0v) is 11.5. The minimum absolute atomic E-state index is 0.612. The molecule has 1 saturated heterocycles. The van der Waals surface area contributed by atoms with Crippen molar-refractivity contribution in [1.29, 1.82) is 0 Å². The molecule has 1 aliphatic carbocycles. The smallest absolute Gasteiger partial charge is 0.0281 e. The van der Waals surface area contributed by atoms with E-state index in [1.807, 2.05) is 0 Å². The maximum Gasteiger partial charge on any atom is 0.0281 e. The van der Waals surface area contributed by atoms with Crippen LogP contribution in [0.2, 0.25) is 0 Å². The van der Waals surface area contributed by atoms with Gasteiger partial charge in [0, 0.05) is 24.7 Å². The van der Waals surface area contributed by atoms with Gasteiger partial charge >= 0.3 is 0 Å². The summed E-state index contributed by atoms with van der Waals surface area (Å²) in [6.45, 7) is 6.96. The first-order chi connectivity index (χ1) is 8.27. The van der Waals surface area contributed by atoms with Crippen LogP contribution in [0.15, 0.2) is 12.2 Å². The molecule has 0 saturated carbocycles. The second-order valence-corrected chi connectivity index (χ2v) is 5.88. The number of nitrogens with zero attached hydrogens (tertiary/aromatic N) is 1. The second kappa shape index (κ2) is 6.55. The summed E-state index contributed by atoms with van der Waals surface area (Å²) in [5.74, 6) is 0. The van der Waals surface area contributed by atoms with Gasteiger partial charge < -0.3 is 5.32 Å². The molecule has 2 atom stereocenters. The Balaban J connectivity index is 1.91. The van der Waals surface area contributed by atoms with Crippen LogP contribution in [0.5, 0.6) is 0 Å². The van der Waals surface area contributed by atoms with E-state index < -0.39 is 0 Å². The number of rotatable bonds is 4. The molecule has 0 aromatic carbocycles. The molecule has 0 spiro atoms. The van der Waals surface area contributed by atoms with Crippen LogP contribution in [0.4, 0.5) is 0 Å². The van der Waals surface area contributed by atoms with Gasteiger partial charge in [-0.1, -0.05) is 32.4 Å².